The summed E-state index contributed by atoms with van der Waals surface area (Å²) in [5, 5.41) is 40.5. The van der Waals surface area contributed by atoms with Crippen molar-refractivity contribution in [3.63, 3.8) is 0 Å². The summed E-state index contributed by atoms with van der Waals surface area (Å²) in [7, 11) is 7.36. The van der Waals surface area contributed by atoms with E-state index in [0.29, 0.717) is 261 Å². The van der Waals surface area contributed by atoms with Crippen LogP contribution in [0.3, 0.4) is 0 Å². The number of aliphatic hydroxyl groups excluding tert-OH is 3. The summed E-state index contributed by atoms with van der Waals surface area (Å²) >= 11 is 21.6. The van der Waals surface area contributed by atoms with E-state index < -0.39 is 9.23 Å². The number of fused-ring (bicyclic) bond motifs is 4. The number of imidazole rings is 5. The maximum atomic E-state index is 9.09. The number of aliphatic hydroxyl groups is 3. The Balaban J connectivity index is -0.000000243. The molecule has 6 heterocycles. The first-order valence-corrected chi connectivity index (χ1v) is 41.0. The largest absolute Gasteiger partial charge is 1.00 e. The van der Waals surface area contributed by atoms with Gasteiger partial charge in [0.05, 0.1) is 276 Å². The van der Waals surface area contributed by atoms with Gasteiger partial charge in [-0.3, -0.25) is 0 Å². The number of alkyl halides is 4. The smallest absolute Gasteiger partial charge is 1.00 e. The van der Waals surface area contributed by atoms with Gasteiger partial charge in [-0.1, -0.05) is 6.92 Å². The Hall–Kier alpha value is -1.87. The topological polar surface area (TPSA) is 373 Å². The average molecular weight is 1820 g/mol. The molecule has 34 nitrogen and oxygen atoms in total. The number of rotatable bonds is 42. The van der Waals surface area contributed by atoms with Crippen LogP contribution in [0.1, 0.15) is 20.8 Å². The van der Waals surface area contributed by atoms with Crippen LogP contribution in [-0.2, 0) is 134 Å². The average Bonchev–Trinajstić information content (AvgIpc) is 1.78. The molecular formula is C69H128Cl8N11NaO23S. The van der Waals surface area contributed by atoms with Gasteiger partial charge in [-0.25, -0.2) is 37.4 Å². The van der Waals surface area contributed by atoms with Gasteiger partial charge in [0.25, 0.3) is 0 Å². The Bertz CT molecular complexity index is 2210. The summed E-state index contributed by atoms with van der Waals surface area (Å²) in [6, 6.07) is 1.75. The third-order valence-corrected chi connectivity index (χ3v) is 12.4. The van der Waals surface area contributed by atoms with Gasteiger partial charge in [-0.2, -0.15) is 5.26 Å². The number of hydrogen-bond donors (Lipinski definition) is 4. The Kier molecular flexibility index (Phi) is 126. The first kappa shape index (κ1) is 124. The third-order valence-electron chi connectivity index (χ3n) is 11.8. The summed E-state index contributed by atoms with van der Waals surface area (Å²) in [6.07, 6.45) is 28.3. The molecule has 44 heteroatoms. The fourth-order valence-electron chi connectivity index (χ4n) is 7.08. The molecule has 660 valence electrons. The van der Waals surface area contributed by atoms with Crippen LogP contribution in [0.2, 0.25) is 0 Å². The number of nitrogens with one attached hydrogen (secondary N) is 1. The van der Waals surface area contributed by atoms with Crippen molar-refractivity contribution in [2.75, 3.05) is 288 Å². The zero-order valence-electron chi connectivity index (χ0n) is 66.4. The van der Waals surface area contributed by atoms with Gasteiger partial charge in [0.15, 0.2) is 0 Å². The van der Waals surface area contributed by atoms with E-state index in [2.05, 4.69) is 72.2 Å². The summed E-state index contributed by atoms with van der Waals surface area (Å²) in [4.78, 5) is 14.3. The molecule has 0 aliphatic carbocycles. The predicted molar refractivity (Wildman–Crippen MR) is 419 cm³/mol. The van der Waals surface area contributed by atoms with Crippen molar-refractivity contribution in [1.82, 2.24) is 38.2 Å². The minimum Gasteiger partial charge on any atom is -1.00 e. The zero-order valence-corrected chi connectivity index (χ0v) is 75.3. The standard InChI is InChI=1S/C22H38N4O6.C14H22N4O3.2C8H16Cl2O3.C8H18O5.C3H4N2.C2H3N.C2H6O.C2H5O.Cl2OS.2ClH.Na/c1-2-24-6-10-28-14-18-32-20-16-30-12-8-26-4-3-25(22-26)7-11-29-15-19-31-17-13-27-9-5-23(1)21-24;1-3-17(13-15-1)5-7-19-9-11-21-12-10-20-8-6-18-4-2-16-14-18;3*9-1-3-11-5-7-13-8-6-12-4-2-10;1-2-5-3-4-1;3*1-2-3;1-4(2)3;;;/h1-4,21-22H,5-20H2;1-4,13-14H,5-12H2;2*1-8H2;9-10H,1-8H2;1-3H,(H,4,5);1H3;3H,2H2,1H3;2H2,1H3;;2*1H;/q+2;;;;;;;;-1;;;;+1/p-2. The molecule has 5 aromatic rings. The molecule has 0 aromatic carbocycles. The molecule has 0 amide bonds. The van der Waals surface area contributed by atoms with Crippen LogP contribution in [0, 0.1) is 11.3 Å². The second kappa shape index (κ2) is 114. The Morgan fingerprint density at radius 2 is 0.717 bits per heavy atom. The SMILES string of the molecule is CC#N.CCO.CC[O-].ClCCOCCOCCOCCCl.ClCCOCCOCCOCCCl.O=S(Cl)Cl.OCCOCCOCCOCCO.[Cl-].[Cl-].[Na+].c1c[n+]2cn1CCOCCOCCOCCn1cc[n+](c1)CCOCCOCCOCC2.c1c[nH]cn1.c1cn(CCOCCOCCOCCn2ccnc2)cn1. The second-order valence-corrected chi connectivity index (χ2v) is 24.4. The molecule has 6 rings (SSSR count). The summed E-state index contributed by atoms with van der Waals surface area (Å²) in [5.41, 5.74) is 0. The van der Waals surface area contributed by atoms with Crippen LogP contribution in [0.25, 0.3) is 0 Å². The van der Waals surface area contributed by atoms with Gasteiger partial charge >= 0.3 is 29.6 Å². The van der Waals surface area contributed by atoms with Crippen LogP contribution < -0.4 is 68.6 Å². The molecule has 1 aliphatic rings. The molecule has 4 N–H and O–H groups in total. The Labute approximate surface area is 735 Å². The van der Waals surface area contributed by atoms with Crippen LogP contribution in [0.15, 0.2) is 93.6 Å². The van der Waals surface area contributed by atoms with Gasteiger partial charge in [0.1, 0.15) is 51.0 Å². The number of H-pyrrole nitrogens is 1. The second-order valence-electron chi connectivity index (χ2n) is 20.4. The maximum absolute atomic E-state index is 9.09. The molecular weight excluding hydrogens is 1690 g/mol. The Morgan fingerprint density at radius 1 is 0.460 bits per heavy atom. The van der Waals surface area contributed by atoms with Gasteiger partial charge in [0.2, 0.25) is 21.9 Å². The molecule has 113 heavy (non-hydrogen) atoms. The van der Waals surface area contributed by atoms with Crippen LogP contribution >= 0.6 is 67.8 Å². The third kappa shape index (κ3) is 112. The van der Waals surface area contributed by atoms with Crippen molar-refractivity contribution < 1.29 is 173 Å². The van der Waals surface area contributed by atoms with Crippen molar-refractivity contribution in [2.45, 2.75) is 60.0 Å². The van der Waals surface area contributed by atoms with Crippen molar-refractivity contribution in [3.05, 3.63) is 93.6 Å². The van der Waals surface area contributed by atoms with E-state index in [-0.39, 0.29) is 80.8 Å². The molecule has 0 fully saturated rings. The van der Waals surface area contributed by atoms with Gasteiger partial charge in [-0.05, 0) is 6.92 Å². The molecule has 1 aliphatic heterocycles. The minimum atomic E-state index is -1.67. The molecule has 0 spiro atoms. The molecule has 0 atom stereocenters. The fourth-order valence-corrected chi connectivity index (χ4v) is 7.51. The summed E-state index contributed by atoms with van der Waals surface area (Å²) in [6.45, 7) is 30.6. The number of halogens is 8. The Morgan fingerprint density at radius 3 is 0.947 bits per heavy atom. The predicted octanol–water partition coefficient (Wildman–Crippen LogP) is -5.08. The quantitative estimate of drug-likeness (QED) is 0.00934. The summed E-state index contributed by atoms with van der Waals surface area (Å²) in [5.74, 6) is 2.11. The van der Waals surface area contributed by atoms with E-state index in [1.807, 2.05) is 46.3 Å². The van der Waals surface area contributed by atoms with Gasteiger partial charge in [-0.15, -0.1) is 53.0 Å². The number of aromatic amines is 1. The number of nitrogens with zero attached hydrogens (tertiary/aromatic N) is 10. The number of ether oxygens (including phenoxy) is 18. The number of aromatic nitrogens is 10. The van der Waals surface area contributed by atoms with E-state index >= 15 is 0 Å². The first-order valence-electron chi connectivity index (χ1n) is 36.1. The van der Waals surface area contributed by atoms with E-state index in [1.165, 1.54) is 6.92 Å². The van der Waals surface area contributed by atoms with Crippen molar-refractivity contribution in [2.24, 2.45) is 0 Å². The van der Waals surface area contributed by atoms with Gasteiger partial charge < -0.3 is 145 Å². The van der Waals surface area contributed by atoms with Crippen LogP contribution in [0.4, 0.5) is 0 Å². The minimum absolute atomic E-state index is 0. The van der Waals surface area contributed by atoms with Crippen LogP contribution in [0.5, 0.6) is 0 Å². The van der Waals surface area contributed by atoms with E-state index in [1.54, 1.807) is 63.7 Å². The normalized spacial score (nSPS) is 12.5. The molecule has 4 bridgehead atoms. The zero-order chi connectivity index (χ0) is 81.3. The number of hydrogen-bond acceptors (Lipinski definition) is 27. The van der Waals surface area contributed by atoms with E-state index in [4.69, 9.17) is 162 Å². The van der Waals surface area contributed by atoms with Crippen molar-refractivity contribution in [3.8, 4) is 6.07 Å². The summed E-state index contributed by atoms with van der Waals surface area (Å²) < 4.78 is 117. The molecule has 5 aromatic heterocycles. The molecule has 0 radical (unpaired) electrons. The van der Waals surface area contributed by atoms with Crippen molar-refractivity contribution in [1.29, 1.82) is 5.26 Å². The molecule has 0 saturated heterocycles. The monoisotopic (exact) mass is 1810 g/mol. The van der Waals surface area contributed by atoms with Crippen LogP contribution in [-0.4, -0.2) is 346 Å². The fraction of sp³-hybridized carbons (Fsp3) is 0.768. The van der Waals surface area contributed by atoms with Crippen molar-refractivity contribution >= 4 is 77.0 Å². The first-order chi connectivity index (χ1) is 54.1. The van der Waals surface area contributed by atoms with Gasteiger partial charge in [0, 0.05) is 109 Å². The maximum Gasteiger partial charge on any atom is 1.00 e. The molecule has 0 saturated carbocycles. The molecule has 0 unspecified atom stereocenters. The number of nitriles is 1. The van der Waals surface area contributed by atoms with E-state index in [9.17, 15) is 0 Å². The van der Waals surface area contributed by atoms with E-state index in [0.717, 1.165) is 39.3 Å².